The molecule has 0 radical (unpaired) electrons. The quantitative estimate of drug-likeness (QED) is 0.825. The summed E-state index contributed by atoms with van der Waals surface area (Å²) in [6, 6.07) is 9.41. The van der Waals surface area contributed by atoms with E-state index in [0.29, 0.717) is 18.9 Å². The van der Waals surface area contributed by atoms with E-state index in [2.05, 4.69) is 17.3 Å². The fourth-order valence-electron chi connectivity index (χ4n) is 2.36. The second-order valence-electron chi connectivity index (χ2n) is 5.41. The van der Waals surface area contributed by atoms with Crippen LogP contribution in [-0.4, -0.2) is 45.5 Å². The van der Waals surface area contributed by atoms with Gasteiger partial charge in [0.05, 0.1) is 18.5 Å². The van der Waals surface area contributed by atoms with Gasteiger partial charge in [-0.1, -0.05) is 31.5 Å². The van der Waals surface area contributed by atoms with Crippen molar-refractivity contribution in [2.75, 3.05) is 25.0 Å². The van der Waals surface area contributed by atoms with Crippen LogP contribution in [0, 0.1) is 6.92 Å². The molecule has 6 heteroatoms. The summed E-state index contributed by atoms with van der Waals surface area (Å²) < 4.78 is 1.71. The van der Waals surface area contributed by atoms with Gasteiger partial charge in [0, 0.05) is 19.2 Å². The summed E-state index contributed by atoms with van der Waals surface area (Å²) in [5.74, 6) is 0.615. The van der Waals surface area contributed by atoms with Crippen molar-refractivity contribution in [3.05, 3.63) is 42.1 Å². The van der Waals surface area contributed by atoms with Crippen LogP contribution < -0.4 is 5.32 Å². The van der Waals surface area contributed by atoms with E-state index in [1.54, 1.807) is 21.8 Å². The number of aryl methyl sites for hydroxylation is 1. The molecule has 23 heavy (non-hydrogen) atoms. The van der Waals surface area contributed by atoms with Gasteiger partial charge in [-0.15, -0.1) is 0 Å². The number of unbranched alkanes of at least 4 members (excludes halogenated alkanes) is 1. The van der Waals surface area contributed by atoms with Gasteiger partial charge in [0.25, 0.3) is 0 Å². The molecule has 0 aliphatic rings. The van der Waals surface area contributed by atoms with Crippen LogP contribution >= 0.6 is 0 Å². The fraction of sp³-hybridized carbons (Fsp3) is 0.412. The smallest absolute Gasteiger partial charge is 0.323 e. The Morgan fingerprint density at radius 3 is 2.78 bits per heavy atom. The van der Waals surface area contributed by atoms with Crippen molar-refractivity contribution in [1.29, 1.82) is 0 Å². The molecule has 0 bridgehead atoms. The molecule has 0 atom stereocenters. The Bertz CT molecular complexity index is 639. The Balaban J connectivity index is 2.16. The molecule has 6 nitrogen and oxygen atoms in total. The van der Waals surface area contributed by atoms with Crippen molar-refractivity contribution in [3.63, 3.8) is 0 Å². The minimum absolute atomic E-state index is 0.0474. The molecular formula is C17H24N4O2. The lowest BCUT2D eigenvalue weighted by Crippen LogP contribution is -2.38. The number of hydrogen-bond acceptors (Lipinski definition) is 3. The van der Waals surface area contributed by atoms with Gasteiger partial charge < -0.3 is 10.0 Å². The van der Waals surface area contributed by atoms with Gasteiger partial charge in [0.2, 0.25) is 0 Å². The molecule has 0 spiro atoms. The van der Waals surface area contributed by atoms with Gasteiger partial charge in [-0.3, -0.25) is 5.32 Å². The van der Waals surface area contributed by atoms with Gasteiger partial charge in [0.15, 0.2) is 0 Å². The first-order valence-electron chi connectivity index (χ1n) is 7.94. The van der Waals surface area contributed by atoms with E-state index in [0.717, 1.165) is 24.1 Å². The highest BCUT2D eigenvalue weighted by Gasteiger charge is 2.15. The van der Waals surface area contributed by atoms with E-state index in [1.807, 2.05) is 31.2 Å². The van der Waals surface area contributed by atoms with Crippen LogP contribution in [0.5, 0.6) is 0 Å². The summed E-state index contributed by atoms with van der Waals surface area (Å²) in [6.07, 6.45) is 3.56. The summed E-state index contributed by atoms with van der Waals surface area (Å²) in [5, 5.41) is 16.3. The summed E-state index contributed by atoms with van der Waals surface area (Å²) in [6.45, 7) is 4.98. The van der Waals surface area contributed by atoms with Gasteiger partial charge in [0.1, 0.15) is 5.82 Å². The number of aromatic nitrogens is 2. The Hall–Kier alpha value is -2.34. The number of hydrogen-bond donors (Lipinski definition) is 2. The highest BCUT2D eigenvalue weighted by atomic mass is 16.3. The summed E-state index contributed by atoms with van der Waals surface area (Å²) in [5.41, 5.74) is 2.00. The zero-order valence-electron chi connectivity index (χ0n) is 13.7. The zero-order valence-corrected chi connectivity index (χ0v) is 13.7. The monoisotopic (exact) mass is 316 g/mol. The third-order valence-corrected chi connectivity index (χ3v) is 3.66. The van der Waals surface area contributed by atoms with E-state index in [-0.39, 0.29) is 12.6 Å². The minimum atomic E-state index is -0.220. The largest absolute Gasteiger partial charge is 0.395 e. The SMILES string of the molecule is CCCCN(CCO)C(=O)Nc1ccnn1-c1ccccc1C. The van der Waals surface area contributed by atoms with Crippen LogP contribution in [0.1, 0.15) is 25.3 Å². The molecule has 2 amide bonds. The van der Waals surface area contributed by atoms with E-state index in [4.69, 9.17) is 5.11 Å². The standard InChI is InChI=1S/C17H24N4O2/c1-3-4-11-20(12-13-22)17(23)19-16-9-10-18-21(16)15-8-6-5-7-14(15)2/h5-10,22H,3-4,11-13H2,1-2H3,(H,19,23). The van der Waals surface area contributed by atoms with Crippen LogP contribution in [0.2, 0.25) is 0 Å². The molecule has 0 saturated heterocycles. The van der Waals surface area contributed by atoms with Gasteiger partial charge >= 0.3 is 6.03 Å². The maximum Gasteiger partial charge on any atom is 0.323 e. The van der Waals surface area contributed by atoms with Crippen molar-refractivity contribution >= 4 is 11.8 Å². The lowest BCUT2D eigenvalue weighted by Gasteiger charge is -2.22. The second kappa shape index (κ2) is 8.33. The molecule has 2 N–H and O–H groups in total. The molecule has 0 aliphatic carbocycles. The van der Waals surface area contributed by atoms with Crippen molar-refractivity contribution in [1.82, 2.24) is 14.7 Å². The van der Waals surface area contributed by atoms with Gasteiger partial charge in [-0.05, 0) is 25.0 Å². The number of rotatable bonds is 7. The normalized spacial score (nSPS) is 10.6. The third-order valence-electron chi connectivity index (χ3n) is 3.66. The second-order valence-corrected chi connectivity index (χ2v) is 5.41. The average Bonchev–Trinajstić information content (AvgIpc) is 2.99. The predicted molar refractivity (Wildman–Crippen MR) is 90.9 cm³/mol. The average molecular weight is 316 g/mol. The highest BCUT2D eigenvalue weighted by molar-refractivity contribution is 5.88. The number of urea groups is 1. The highest BCUT2D eigenvalue weighted by Crippen LogP contribution is 2.18. The first-order valence-corrected chi connectivity index (χ1v) is 7.94. The van der Waals surface area contributed by atoms with Crippen molar-refractivity contribution < 1.29 is 9.90 Å². The Morgan fingerprint density at radius 2 is 2.09 bits per heavy atom. The van der Waals surface area contributed by atoms with Crippen LogP contribution in [-0.2, 0) is 0 Å². The number of anilines is 1. The number of aliphatic hydroxyl groups is 1. The Morgan fingerprint density at radius 1 is 1.30 bits per heavy atom. The molecule has 1 aromatic heterocycles. The number of carbonyl (C=O) groups is 1. The van der Waals surface area contributed by atoms with E-state index >= 15 is 0 Å². The maximum atomic E-state index is 12.4. The molecule has 0 aliphatic heterocycles. The van der Waals surface area contributed by atoms with E-state index in [1.165, 1.54) is 0 Å². The fourth-order valence-corrected chi connectivity index (χ4v) is 2.36. The van der Waals surface area contributed by atoms with Crippen LogP contribution in [0.4, 0.5) is 10.6 Å². The van der Waals surface area contributed by atoms with Gasteiger partial charge in [-0.2, -0.15) is 5.10 Å². The number of para-hydroxylation sites is 1. The number of nitrogens with one attached hydrogen (secondary N) is 1. The number of amides is 2. The molecule has 0 saturated carbocycles. The molecular weight excluding hydrogens is 292 g/mol. The Labute approximate surface area is 136 Å². The van der Waals surface area contributed by atoms with Gasteiger partial charge in [-0.25, -0.2) is 9.48 Å². The number of carbonyl (C=O) groups excluding carboxylic acids is 1. The van der Waals surface area contributed by atoms with E-state index in [9.17, 15) is 4.79 Å². The van der Waals surface area contributed by atoms with Crippen molar-refractivity contribution in [2.45, 2.75) is 26.7 Å². The maximum absolute atomic E-state index is 12.4. The lowest BCUT2D eigenvalue weighted by atomic mass is 10.2. The molecule has 1 heterocycles. The predicted octanol–water partition coefficient (Wildman–Crippen LogP) is 2.81. The van der Waals surface area contributed by atoms with Crippen molar-refractivity contribution in [3.8, 4) is 5.69 Å². The van der Waals surface area contributed by atoms with Crippen LogP contribution in [0.25, 0.3) is 5.69 Å². The summed E-state index contributed by atoms with van der Waals surface area (Å²) >= 11 is 0. The minimum Gasteiger partial charge on any atom is -0.395 e. The van der Waals surface area contributed by atoms with Crippen LogP contribution in [0.3, 0.4) is 0 Å². The molecule has 124 valence electrons. The molecule has 0 fully saturated rings. The zero-order chi connectivity index (χ0) is 16.7. The van der Waals surface area contributed by atoms with E-state index < -0.39 is 0 Å². The number of benzene rings is 1. The van der Waals surface area contributed by atoms with Crippen molar-refractivity contribution in [2.24, 2.45) is 0 Å². The molecule has 1 aromatic carbocycles. The molecule has 0 unspecified atom stereocenters. The third kappa shape index (κ3) is 4.32. The lowest BCUT2D eigenvalue weighted by molar-refractivity contribution is 0.187. The molecule has 2 aromatic rings. The van der Waals surface area contributed by atoms with Crippen LogP contribution in [0.15, 0.2) is 36.5 Å². The number of aliphatic hydroxyl groups excluding tert-OH is 1. The topological polar surface area (TPSA) is 70.4 Å². The Kier molecular flexibility index (Phi) is 6.17. The number of nitrogens with zero attached hydrogens (tertiary/aromatic N) is 3. The molecule has 2 rings (SSSR count). The summed E-state index contributed by atoms with van der Waals surface area (Å²) in [4.78, 5) is 14.1. The summed E-state index contributed by atoms with van der Waals surface area (Å²) in [7, 11) is 0. The first kappa shape index (κ1) is 17.0. The first-order chi connectivity index (χ1) is 11.2.